The van der Waals surface area contributed by atoms with Gasteiger partial charge in [0.1, 0.15) is 11.5 Å². The molecular formula is C19H25N5O2. The molecule has 2 aromatic rings. The second-order valence-electron chi connectivity index (χ2n) is 8.27. The number of aromatic amines is 1. The minimum absolute atomic E-state index is 0.146. The van der Waals surface area contributed by atoms with Gasteiger partial charge in [-0.15, -0.1) is 0 Å². The van der Waals surface area contributed by atoms with Crippen LogP contribution in [0.1, 0.15) is 67.9 Å². The fourth-order valence-corrected chi connectivity index (χ4v) is 2.99. The highest BCUT2D eigenvalue weighted by Crippen LogP contribution is 2.25. The Balaban J connectivity index is 1.84. The van der Waals surface area contributed by atoms with Crippen molar-refractivity contribution in [3.05, 3.63) is 51.2 Å². The van der Waals surface area contributed by atoms with Crippen LogP contribution in [0.4, 0.5) is 0 Å². The molecule has 0 radical (unpaired) electrons. The molecule has 0 atom stereocenters. The summed E-state index contributed by atoms with van der Waals surface area (Å²) in [6.07, 6.45) is 2.49. The third kappa shape index (κ3) is 3.81. The van der Waals surface area contributed by atoms with Gasteiger partial charge in [0, 0.05) is 29.4 Å². The van der Waals surface area contributed by atoms with Crippen LogP contribution in [-0.4, -0.2) is 30.7 Å². The molecule has 0 saturated carbocycles. The van der Waals surface area contributed by atoms with E-state index in [0.717, 1.165) is 22.8 Å². The van der Waals surface area contributed by atoms with Crippen molar-refractivity contribution in [1.29, 1.82) is 0 Å². The molecule has 1 aliphatic heterocycles. The fourth-order valence-electron chi connectivity index (χ4n) is 2.99. The highest BCUT2D eigenvalue weighted by Gasteiger charge is 2.29. The van der Waals surface area contributed by atoms with E-state index in [1.165, 1.54) is 0 Å². The van der Waals surface area contributed by atoms with Gasteiger partial charge in [-0.2, -0.15) is 4.98 Å². The van der Waals surface area contributed by atoms with E-state index in [2.05, 4.69) is 54.6 Å². The van der Waals surface area contributed by atoms with E-state index >= 15 is 0 Å². The van der Waals surface area contributed by atoms with Crippen molar-refractivity contribution in [3.63, 3.8) is 0 Å². The first-order valence-corrected chi connectivity index (χ1v) is 8.88. The van der Waals surface area contributed by atoms with Gasteiger partial charge in [-0.1, -0.05) is 34.6 Å². The highest BCUT2D eigenvalue weighted by atomic mass is 16.2. The third-order valence-corrected chi connectivity index (χ3v) is 4.26. The van der Waals surface area contributed by atoms with E-state index in [0.29, 0.717) is 25.4 Å². The molecule has 0 spiro atoms. The number of carbonyl (C=O) groups excluding carboxylic acids is 1. The van der Waals surface area contributed by atoms with Gasteiger partial charge in [0.25, 0.3) is 5.91 Å². The number of hydrogen-bond acceptors (Lipinski definition) is 5. The quantitative estimate of drug-likeness (QED) is 0.911. The van der Waals surface area contributed by atoms with Gasteiger partial charge in [0.05, 0.1) is 12.2 Å². The lowest BCUT2D eigenvalue weighted by Gasteiger charge is -2.16. The zero-order valence-electron chi connectivity index (χ0n) is 16.0. The van der Waals surface area contributed by atoms with Crippen LogP contribution in [0.5, 0.6) is 0 Å². The zero-order chi connectivity index (χ0) is 19.1. The van der Waals surface area contributed by atoms with Crippen molar-refractivity contribution in [1.82, 2.24) is 24.8 Å². The first-order valence-electron chi connectivity index (χ1n) is 8.88. The van der Waals surface area contributed by atoms with Crippen LogP contribution >= 0.6 is 0 Å². The molecule has 0 aliphatic carbocycles. The van der Waals surface area contributed by atoms with Crippen LogP contribution < -0.4 is 5.69 Å². The normalized spacial score (nSPS) is 14.0. The Morgan fingerprint density at radius 1 is 1.27 bits per heavy atom. The topological polar surface area (TPSA) is 91.8 Å². The molecule has 7 heteroatoms. The summed E-state index contributed by atoms with van der Waals surface area (Å²) < 4.78 is 0. The van der Waals surface area contributed by atoms with Gasteiger partial charge in [0.15, 0.2) is 0 Å². The molecule has 0 bridgehead atoms. The minimum Gasteiger partial charge on any atom is -0.327 e. The van der Waals surface area contributed by atoms with E-state index < -0.39 is 5.69 Å². The number of nitrogens with zero attached hydrogens (tertiary/aromatic N) is 4. The van der Waals surface area contributed by atoms with Crippen molar-refractivity contribution < 1.29 is 4.79 Å². The van der Waals surface area contributed by atoms with E-state index in [9.17, 15) is 9.59 Å². The first kappa shape index (κ1) is 18.2. The molecule has 7 nitrogen and oxygen atoms in total. The molecule has 26 heavy (non-hydrogen) atoms. The maximum atomic E-state index is 12.8. The maximum absolute atomic E-state index is 12.8. The molecule has 1 aliphatic rings. The zero-order valence-corrected chi connectivity index (χ0v) is 16.0. The van der Waals surface area contributed by atoms with Crippen molar-refractivity contribution >= 4 is 5.91 Å². The molecule has 0 aromatic carbocycles. The van der Waals surface area contributed by atoms with Crippen LogP contribution in [0.15, 0.2) is 17.1 Å². The van der Waals surface area contributed by atoms with Crippen LogP contribution in [0.25, 0.3) is 0 Å². The summed E-state index contributed by atoms with van der Waals surface area (Å²) in [7, 11) is 0. The lowest BCUT2D eigenvalue weighted by Crippen LogP contribution is -2.29. The number of carbonyl (C=O) groups is 1. The Morgan fingerprint density at radius 2 is 2.00 bits per heavy atom. The average Bonchev–Trinajstić information content (AvgIpc) is 2.95. The summed E-state index contributed by atoms with van der Waals surface area (Å²) in [6, 6.07) is 1.68. The van der Waals surface area contributed by atoms with Crippen LogP contribution in [-0.2, 0) is 24.9 Å². The monoisotopic (exact) mass is 355 g/mol. The minimum atomic E-state index is -0.488. The summed E-state index contributed by atoms with van der Waals surface area (Å²) >= 11 is 0. The Bertz CT molecular complexity index is 896. The van der Waals surface area contributed by atoms with Crippen molar-refractivity contribution in [2.45, 2.75) is 59.5 Å². The number of amides is 1. The van der Waals surface area contributed by atoms with Crippen molar-refractivity contribution in [2.24, 2.45) is 5.92 Å². The molecule has 0 saturated heterocycles. The summed E-state index contributed by atoms with van der Waals surface area (Å²) in [5.74, 6) is 0.883. The molecule has 2 aromatic heterocycles. The first-order chi connectivity index (χ1) is 12.1. The van der Waals surface area contributed by atoms with Crippen LogP contribution in [0, 0.1) is 5.92 Å². The average molecular weight is 355 g/mol. The number of fused-ring (bicyclic) bond motifs is 1. The molecule has 3 rings (SSSR count). The van der Waals surface area contributed by atoms with E-state index in [4.69, 9.17) is 0 Å². The summed E-state index contributed by atoms with van der Waals surface area (Å²) in [5.41, 5.74) is 2.09. The molecule has 1 N–H and O–H groups in total. The van der Waals surface area contributed by atoms with Gasteiger partial charge in [-0.05, 0) is 18.4 Å². The van der Waals surface area contributed by atoms with E-state index in [1.54, 1.807) is 17.2 Å². The predicted octanol–water partition coefficient (Wildman–Crippen LogP) is 2.21. The van der Waals surface area contributed by atoms with E-state index in [-0.39, 0.29) is 17.0 Å². The molecule has 1 amide bonds. The Labute approximate surface area is 152 Å². The smallest absolute Gasteiger partial charge is 0.327 e. The Kier molecular flexibility index (Phi) is 4.64. The van der Waals surface area contributed by atoms with Crippen LogP contribution in [0.3, 0.4) is 0 Å². The van der Waals surface area contributed by atoms with Gasteiger partial charge in [-0.25, -0.2) is 14.8 Å². The fraction of sp³-hybridized carbons (Fsp3) is 0.526. The molecule has 0 fully saturated rings. The lowest BCUT2D eigenvalue weighted by molar-refractivity contribution is 0.0743. The molecular weight excluding hydrogens is 330 g/mol. The highest BCUT2D eigenvalue weighted by molar-refractivity contribution is 5.92. The number of aromatic nitrogens is 4. The summed E-state index contributed by atoms with van der Waals surface area (Å²) in [4.78, 5) is 42.0. The molecule has 138 valence electrons. The number of hydrogen-bond donors (Lipinski definition) is 1. The second-order valence-corrected chi connectivity index (χ2v) is 8.27. The van der Waals surface area contributed by atoms with Gasteiger partial charge in [0.2, 0.25) is 0 Å². The van der Waals surface area contributed by atoms with Gasteiger partial charge in [-0.3, -0.25) is 4.79 Å². The molecule has 0 unspecified atom stereocenters. The standard InChI is InChI=1S/C19H25N5O2/c1-11(2)6-13-7-14(23-18(26)21-13)16(25)24-9-12-8-20-17(19(3,4)5)22-15(12)10-24/h7-8,11H,6,9-10H2,1-5H3,(H,21,23,26). The number of rotatable bonds is 3. The summed E-state index contributed by atoms with van der Waals surface area (Å²) in [5, 5.41) is 0. The maximum Gasteiger partial charge on any atom is 0.345 e. The Morgan fingerprint density at radius 3 is 2.65 bits per heavy atom. The van der Waals surface area contributed by atoms with Crippen molar-refractivity contribution in [2.75, 3.05) is 0 Å². The van der Waals surface area contributed by atoms with Gasteiger partial charge < -0.3 is 9.88 Å². The number of nitrogens with one attached hydrogen (secondary N) is 1. The predicted molar refractivity (Wildman–Crippen MR) is 97.7 cm³/mol. The van der Waals surface area contributed by atoms with Gasteiger partial charge >= 0.3 is 5.69 Å². The second kappa shape index (κ2) is 6.63. The third-order valence-electron chi connectivity index (χ3n) is 4.26. The van der Waals surface area contributed by atoms with Crippen molar-refractivity contribution in [3.8, 4) is 0 Å². The van der Waals surface area contributed by atoms with E-state index in [1.807, 2.05) is 0 Å². The van der Waals surface area contributed by atoms with Crippen LogP contribution in [0.2, 0.25) is 0 Å². The number of H-pyrrole nitrogens is 1. The largest absolute Gasteiger partial charge is 0.345 e. The summed E-state index contributed by atoms with van der Waals surface area (Å²) in [6.45, 7) is 11.1. The lowest BCUT2D eigenvalue weighted by atomic mass is 9.95. The SMILES string of the molecule is CC(C)Cc1cc(C(=O)N2Cc3cnc(C(C)(C)C)nc3C2)nc(=O)[nH]1. The molecule has 3 heterocycles. The Hall–Kier alpha value is -2.57.